The minimum atomic E-state index is -3.42. The van der Waals surface area contributed by atoms with Crippen molar-refractivity contribution in [1.82, 2.24) is 9.62 Å². The summed E-state index contributed by atoms with van der Waals surface area (Å²) in [5.74, 6) is 0.812. The van der Waals surface area contributed by atoms with Crippen LogP contribution in [0.4, 0.5) is 0 Å². The van der Waals surface area contributed by atoms with Gasteiger partial charge in [-0.1, -0.05) is 19.1 Å². The zero-order valence-corrected chi connectivity index (χ0v) is 16.7. The number of hydrogen-bond donors (Lipinski definition) is 1. The molecular formula is C19H30N2O4S. The third-order valence-corrected chi connectivity index (χ3v) is 6.42. The Labute approximate surface area is 157 Å². The Balaban J connectivity index is 1.98. The van der Waals surface area contributed by atoms with E-state index in [0.717, 1.165) is 37.1 Å². The van der Waals surface area contributed by atoms with Crippen molar-refractivity contribution in [3.63, 3.8) is 0 Å². The molecule has 1 aliphatic rings. The predicted octanol–water partition coefficient (Wildman–Crippen LogP) is 2.86. The Morgan fingerprint density at radius 2 is 2.00 bits per heavy atom. The molecule has 26 heavy (non-hydrogen) atoms. The molecule has 0 radical (unpaired) electrons. The summed E-state index contributed by atoms with van der Waals surface area (Å²) in [6.07, 6.45) is 4.06. The third-order valence-electron chi connectivity index (χ3n) is 5.00. The van der Waals surface area contributed by atoms with Gasteiger partial charge < -0.3 is 9.64 Å². The Hall–Kier alpha value is -1.60. The molecule has 2 rings (SSSR count). The molecule has 1 aromatic carbocycles. The predicted molar refractivity (Wildman–Crippen MR) is 103 cm³/mol. The topological polar surface area (TPSA) is 75.7 Å². The van der Waals surface area contributed by atoms with Crippen LogP contribution in [0.15, 0.2) is 24.3 Å². The van der Waals surface area contributed by atoms with Gasteiger partial charge in [0.1, 0.15) is 5.75 Å². The van der Waals surface area contributed by atoms with Crippen molar-refractivity contribution in [3.8, 4) is 5.75 Å². The van der Waals surface area contributed by atoms with Gasteiger partial charge in [0.05, 0.1) is 12.9 Å². The van der Waals surface area contributed by atoms with Crippen LogP contribution in [0.2, 0.25) is 0 Å². The van der Waals surface area contributed by atoms with Crippen LogP contribution in [0.25, 0.3) is 0 Å². The van der Waals surface area contributed by atoms with Crippen LogP contribution in [0.3, 0.4) is 0 Å². The molecule has 1 amide bonds. The highest BCUT2D eigenvalue weighted by atomic mass is 32.2. The van der Waals surface area contributed by atoms with Crippen LogP contribution in [0, 0.1) is 0 Å². The van der Waals surface area contributed by atoms with Gasteiger partial charge in [-0.3, -0.25) is 4.79 Å². The molecule has 6 nitrogen and oxygen atoms in total. The Bertz CT molecular complexity index is 688. The van der Waals surface area contributed by atoms with E-state index in [1.165, 1.54) is 0 Å². The molecule has 1 heterocycles. The zero-order chi connectivity index (χ0) is 19.2. The quantitative estimate of drug-likeness (QED) is 0.750. The number of amides is 1. The molecule has 0 aliphatic carbocycles. The molecular weight excluding hydrogens is 352 g/mol. The number of rotatable bonds is 8. The van der Waals surface area contributed by atoms with E-state index in [2.05, 4.69) is 4.72 Å². The van der Waals surface area contributed by atoms with Gasteiger partial charge in [0, 0.05) is 25.6 Å². The molecule has 0 spiro atoms. The zero-order valence-electron chi connectivity index (χ0n) is 15.9. The number of piperidine rings is 1. The lowest BCUT2D eigenvalue weighted by Gasteiger charge is -2.35. The minimum Gasteiger partial charge on any atom is -0.497 e. The van der Waals surface area contributed by atoms with Crippen molar-refractivity contribution in [2.45, 2.75) is 58.0 Å². The summed E-state index contributed by atoms with van der Waals surface area (Å²) < 4.78 is 33.1. The number of carbonyl (C=O) groups is 1. The first-order valence-corrected chi connectivity index (χ1v) is 10.9. The molecule has 0 saturated carbocycles. The van der Waals surface area contributed by atoms with Crippen molar-refractivity contribution in [2.75, 3.05) is 19.4 Å². The molecule has 1 aliphatic heterocycles. The van der Waals surface area contributed by atoms with E-state index in [1.54, 1.807) is 14.0 Å². The van der Waals surface area contributed by atoms with E-state index in [9.17, 15) is 13.2 Å². The van der Waals surface area contributed by atoms with E-state index < -0.39 is 10.0 Å². The standard InChI is InChI=1S/C19H30N2O4S/c1-4-19(16-8-10-18(25-3)11-9-16)20-26(23,24)14-12-17-7-5-6-13-21(17)15(2)22/h8-11,17,19-20H,4-7,12-14H2,1-3H3/t17-,19-/m1/s1. The average Bonchev–Trinajstić information content (AvgIpc) is 2.65. The number of ether oxygens (including phenoxy) is 1. The SMILES string of the molecule is CC[C@@H](NS(=O)(=O)CC[C@H]1CCCCN1C(C)=O)c1ccc(OC)cc1. The van der Waals surface area contributed by atoms with Crippen LogP contribution in [-0.2, 0) is 14.8 Å². The third kappa shape index (κ3) is 5.71. The van der Waals surface area contributed by atoms with E-state index in [0.29, 0.717) is 12.8 Å². The second-order valence-electron chi connectivity index (χ2n) is 6.82. The average molecular weight is 383 g/mol. The number of sulfonamides is 1. The molecule has 2 atom stereocenters. The number of nitrogens with one attached hydrogen (secondary N) is 1. The largest absolute Gasteiger partial charge is 0.497 e. The Kier molecular flexibility index (Phi) is 7.46. The fourth-order valence-corrected chi connectivity index (χ4v) is 4.94. The second kappa shape index (κ2) is 9.37. The van der Waals surface area contributed by atoms with Gasteiger partial charge in [0.25, 0.3) is 0 Å². The Morgan fingerprint density at radius 3 is 2.58 bits per heavy atom. The van der Waals surface area contributed by atoms with Crippen LogP contribution >= 0.6 is 0 Å². The van der Waals surface area contributed by atoms with Crippen molar-refractivity contribution in [3.05, 3.63) is 29.8 Å². The number of likely N-dealkylation sites (tertiary alicyclic amines) is 1. The van der Waals surface area contributed by atoms with Crippen LogP contribution in [-0.4, -0.2) is 44.7 Å². The van der Waals surface area contributed by atoms with Crippen molar-refractivity contribution in [1.29, 1.82) is 0 Å². The molecule has 0 aromatic heterocycles. The first-order valence-electron chi connectivity index (χ1n) is 9.27. The van der Waals surface area contributed by atoms with Crippen molar-refractivity contribution < 1.29 is 17.9 Å². The molecule has 7 heteroatoms. The normalized spacial score (nSPS) is 19.2. The van der Waals surface area contributed by atoms with Crippen molar-refractivity contribution in [2.24, 2.45) is 0 Å². The molecule has 1 fully saturated rings. The maximum Gasteiger partial charge on any atom is 0.219 e. The van der Waals surface area contributed by atoms with Crippen LogP contribution in [0.5, 0.6) is 5.75 Å². The van der Waals surface area contributed by atoms with E-state index in [1.807, 2.05) is 36.1 Å². The summed E-state index contributed by atoms with van der Waals surface area (Å²) in [6.45, 7) is 4.24. The molecule has 1 saturated heterocycles. The summed E-state index contributed by atoms with van der Waals surface area (Å²) in [4.78, 5) is 13.6. The maximum atomic E-state index is 12.6. The fraction of sp³-hybridized carbons (Fsp3) is 0.632. The molecule has 146 valence electrons. The van der Waals surface area contributed by atoms with Gasteiger partial charge in [-0.15, -0.1) is 0 Å². The first-order chi connectivity index (χ1) is 12.4. The van der Waals surface area contributed by atoms with E-state index in [4.69, 9.17) is 4.74 Å². The number of benzene rings is 1. The van der Waals surface area contributed by atoms with Gasteiger partial charge in [-0.2, -0.15) is 0 Å². The lowest BCUT2D eigenvalue weighted by atomic mass is 10.00. The second-order valence-corrected chi connectivity index (χ2v) is 8.69. The molecule has 0 unspecified atom stereocenters. The first kappa shape index (κ1) is 20.7. The monoisotopic (exact) mass is 382 g/mol. The Morgan fingerprint density at radius 1 is 1.31 bits per heavy atom. The van der Waals surface area contributed by atoms with E-state index in [-0.39, 0.29) is 23.7 Å². The molecule has 0 bridgehead atoms. The smallest absolute Gasteiger partial charge is 0.219 e. The summed E-state index contributed by atoms with van der Waals surface area (Å²) >= 11 is 0. The van der Waals surface area contributed by atoms with Gasteiger partial charge in [-0.05, 0) is 49.8 Å². The van der Waals surface area contributed by atoms with Gasteiger partial charge in [0.15, 0.2) is 0 Å². The minimum absolute atomic E-state index is 0.0267. The number of nitrogens with zero attached hydrogens (tertiary/aromatic N) is 1. The summed E-state index contributed by atoms with van der Waals surface area (Å²) in [5.41, 5.74) is 0.917. The molecule has 1 N–H and O–H groups in total. The number of methoxy groups -OCH3 is 1. The highest BCUT2D eigenvalue weighted by molar-refractivity contribution is 7.89. The van der Waals surface area contributed by atoms with Gasteiger partial charge in [-0.25, -0.2) is 13.1 Å². The lowest BCUT2D eigenvalue weighted by molar-refractivity contribution is -0.132. The van der Waals surface area contributed by atoms with E-state index >= 15 is 0 Å². The van der Waals surface area contributed by atoms with Crippen LogP contribution in [0.1, 0.15) is 57.6 Å². The molecule has 1 aromatic rings. The highest BCUT2D eigenvalue weighted by Gasteiger charge is 2.27. The summed E-state index contributed by atoms with van der Waals surface area (Å²) in [6, 6.07) is 7.19. The lowest BCUT2D eigenvalue weighted by Crippen LogP contribution is -2.44. The number of carbonyl (C=O) groups excluding carboxylic acids is 1. The van der Waals surface area contributed by atoms with Gasteiger partial charge >= 0.3 is 0 Å². The summed E-state index contributed by atoms with van der Waals surface area (Å²) in [7, 11) is -1.82. The van der Waals surface area contributed by atoms with Crippen LogP contribution < -0.4 is 9.46 Å². The van der Waals surface area contributed by atoms with Crippen molar-refractivity contribution >= 4 is 15.9 Å². The summed E-state index contributed by atoms with van der Waals surface area (Å²) in [5, 5.41) is 0. The van der Waals surface area contributed by atoms with Gasteiger partial charge in [0.2, 0.25) is 15.9 Å². The fourth-order valence-electron chi connectivity index (χ4n) is 3.51. The maximum absolute atomic E-state index is 12.6. The highest BCUT2D eigenvalue weighted by Crippen LogP contribution is 2.23. The number of hydrogen-bond acceptors (Lipinski definition) is 4.